The van der Waals surface area contributed by atoms with E-state index in [-0.39, 0.29) is 17.9 Å². The van der Waals surface area contributed by atoms with Crippen molar-refractivity contribution >= 4 is 5.91 Å². The van der Waals surface area contributed by atoms with Gasteiger partial charge in [-0.3, -0.25) is 9.69 Å². The predicted octanol–water partition coefficient (Wildman–Crippen LogP) is 3.18. The van der Waals surface area contributed by atoms with Crippen molar-refractivity contribution in [1.29, 1.82) is 0 Å². The minimum atomic E-state index is -0.561. The van der Waals surface area contributed by atoms with Gasteiger partial charge in [0.15, 0.2) is 0 Å². The van der Waals surface area contributed by atoms with Gasteiger partial charge in [-0.1, -0.05) is 51.1 Å². The minimum absolute atomic E-state index is 0.0767. The average Bonchev–Trinajstić information content (AvgIpc) is 2.72. The van der Waals surface area contributed by atoms with Crippen molar-refractivity contribution in [2.24, 2.45) is 0 Å². The van der Waals surface area contributed by atoms with Crippen molar-refractivity contribution in [3.05, 3.63) is 65.7 Å². The molecule has 3 rings (SSSR count). The summed E-state index contributed by atoms with van der Waals surface area (Å²) in [5, 5.41) is 10.4. The molecule has 0 unspecified atom stereocenters. The van der Waals surface area contributed by atoms with Gasteiger partial charge in [-0.15, -0.1) is 0 Å². The van der Waals surface area contributed by atoms with Crippen LogP contribution in [0.3, 0.4) is 0 Å². The Bertz CT molecular complexity index is 776. The number of hydrogen-bond acceptors (Lipinski definition) is 4. The quantitative estimate of drug-likeness (QED) is 0.815. The summed E-state index contributed by atoms with van der Waals surface area (Å²) in [4.78, 5) is 16.6. The van der Waals surface area contributed by atoms with Gasteiger partial charge in [0.2, 0.25) is 0 Å². The lowest BCUT2D eigenvalue weighted by molar-refractivity contribution is 0.0403. The number of aliphatic hydroxyl groups excluding tert-OH is 1. The lowest BCUT2D eigenvalue weighted by atomic mass is 9.87. The summed E-state index contributed by atoms with van der Waals surface area (Å²) in [6.45, 7) is 10.2. The topological polar surface area (TPSA) is 53.0 Å². The second-order valence-electron chi connectivity index (χ2n) is 8.70. The Balaban J connectivity index is 1.40. The molecule has 0 radical (unpaired) electrons. The van der Waals surface area contributed by atoms with Crippen LogP contribution in [0, 0.1) is 0 Å². The van der Waals surface area contributed by atoms with Gasteiger partial charge in [0.25, 0.3) is 5.91 Å². The van der Waals surface area contributed by atoms with E-state index in [1.54, 1.807) is 0 Å². The molecule has 29 heavy (non-hydrogen) atoms. The summed E-state index contributed by atoms with van der Waals surface area (Å²) in [5.74, 6) is 0.850. The first-order valence-electron chi connectivity index (χ1n) is 10.3. The van der Waals surface area contributed by atoms with Crippen molar-refractivity contribution in [3.63, 3.8) is 0 Å². The highest BCUT2D eigenvalue weighted by Crippen LogP contribution is 2.24. The fourth-order valence-corrected chi connectivity index (χ4v) is 3.49. The summed E-state index contributed by atoms with van der Waals surface area (Å²) in [6, 6.07) is 17.5. The highest BCUT2D eigenvalue weighted by Gasteiger charge is 2.23. The zero-order valence-corrected chi connectivity index (χ0v) is 17.7. The lowest BCUT2D eigenvalue weighted by Gasteiger charge is -2.35. The normalized spacial score (nSPS) is 16.5. The number of rotatable bonds is 6. The molecule has 1 amide bonds. The van der Waals surface area contributed by atoms with E-state index in [9.17, 15) is 9.90 Å². The lowest BCUT2D eigenvalue weighted by Crippen LogP contribution is -2.50. The van der Waals surface area contributed by atoms with Crippen molar-refractivity contribution in [2.45, 2.75) is 32.3 Å². The molecule has 2 aromatic carbocycles. The minimum Gasteiger partial charge on any atom is -0.491 e. The third kappa shape index (κ3) is 6.05. The number of ether oxygens (including phenoxy) is 1. The molecule has 1 heterocycles. The second kappa shape index (κ2) is 9.42. The molecule has 1 fully saturated rings. The zero-order valence-electron chi connectivity index (χ0n) is 17.7. The van der Waals surface area contributed by atoms with Gasteiger partial charge in [0.05, 0.1) is 0 Å². The molecule has 2 aromatic rings. The fraction of sp³-hybridized carbons (Fsp3) is 0.458. The first-order valence-corrected chi connectivity index (χ1v) is 10.3. The second-order valence-corrected chi connectivity index (χ2v) is 8.70. The molecule has 1 saturated heterocycles. The predicted molar refractivity (Wildman–Crippen MR) is 115 cm³/mol. The maximum atomic E-state index is 12.5. The molecule has 1 aliphatic heterocycles. The molecule has 156 valence electrons. The van der Waals surface area contributed by atoms with Crippen LogP contribution in [0.1, 0.15) is 36.7 Å². The van der Waals surface area contributed by atoms with Gasteiger partial charge in [-0.2, -0.15) is 0 Å². The average molecular weight is 397 g/mol. The SMILES string of the molecule is CC(C)(C)c1ccc(OC[C@@H](O)CN2CCN(C(=O)c3ccccc3)CC2)cc1. The molecule has 5 heteroatoms. The molecule has 0 aliphatic carbocycles. The number of aliphatic hydroxyl groups is 1. The number of benzene rings is 2. The van der Waals surface area contributed by atoms with Gasteiger partial charge < -0.3 is 14.7 Å². The van der Waals surface area contributed by atoms with Gasteiger partial charge in [0, 0.05) is 38.3 Å². The van der Waals surface area contributed by atoms with E-state index in [0.717, 1.165) is 24.4 Å². The third-order valence-electron chi connectivity index (χ3n) is 5.31. The van der Waals surface area contributed by atoms with Crippen LogP contribution in [0.25, 0.3) is 0 Å². The van der Waals surface area contributed by atoms with Crippen LogP contribution in [0.2, 0.25) is 0 Å². The summed E-state index contributed by atoms with van der Waals surface area (Å²) < 4.78 is 5.75. The monoisotopic (exact) mass is 396 g/mol. The van der Waals surface area contributed by atoms with Crippen molar-refractivity contribution < 1.29 is 14.6 Å². The summed E-state index contributed by atoms with van der Waals surface area (Å²) in [6.07, 6.45) is -0.561. The van der Waals surface area contributed by atoms with Crippen molar-refractivity contribution in [1.82, 2.24) is 9.80 Å². The van der Waals surface area contributed by atoms with E-state index in [1.165, 1.54) is 5.56 Å². The van der Waals surface area contributed by atoms with Crippen LogP contribution >= 0.6 is 0 Å². The maximum absolute atomic E-state index is 12.5. The highest BCUT2D eigenvalue weighted by atomic mass is 16.5. The Morgan fingerprint density at radius 2 is 1.62 bits per heavy atom. The van der Waals surface area contributed by atoms with Gasteiger partial charge in [0.1, 0.15) is 18.5 Å². The number of piperazine rings is 1. The molecule has 1 aliphatic rings. The van der Waals surface area contributed by atoms with Crippen molar-refractivity contribution in [2.75, 3.05) is 39.3 Å². The van der Waals surface area contributed by atoms with Crippen LogP contribution < -0.4 is 4.74 Å². The van der Waals surface area contributed by atoms with Gasteiger partial charge >= 0.3 is 0 Å². The molecule has 1 atom stereocenters. The van der Waals surface area contributed by atoms with Crippen LogP contribution in [-0.2, 0) is 5.41 Å². The van der Waals surface area contributed by atoms with E-state index >= 15 is 0 Å². The number of β-amino-alcohol motifs (C(OH)–C–C–N with tert-alkyl or cyclic N) is 1. The number of carbonyl (C=O) groups excluding carboxylic acids is 1. The van der Waals surface area contributed by atoms with Crippen LogP contribution in [0.5, 0.6) is 5.75 Å². The van der Waals surface area contributed by atoms with Gasteiger partial charge in [-0.25, -0.2) is 0 Å². The summed E-state index contributed by atoms with van der Waals surface area (Å²) >= 11 is 0. The van der Waals surface area contributed by atoms with Gasteiger partial charge in [-0.05, 0) is 35.2 Å². The highest BCUT2D eigenvalue weighted by molar-refractivity contribution is 5.94. The molecule has 0 spiro atoms. The van der Waals surface area contributed by atoms with Crippen LogP contribution in [0.15, 0.2) is 54.6 Å². The third-order valence-corrected chi connectivity index (χ3v) is 5.31. The Morgan fingerprint density at radius 1 is 1.00 bits per heavy atom. The first kappa shape index (κ1) is 21.3. The number of nitrogens with zero attached hydrogens (tertiary/aromatic N) is 2. The molecular formula is C24H32N2O3. The first-order chi connectivity index (χ1) is 13.8. The molecule has 0 saturated carbocycles. The molecule has 0 aromatic heterocycles. The number of carbonyl (C=O) groups is 1. The van der Waals surface area contributed by atoms with E-state index in [1.807, 2.05) is 47.4 Å². The Labute approximate surface area is 173 Å². The molecule has 5 nitrogen and oxygen atoms in total. The standard InChI is InChI=1S/C24H32N2O3/c1-24(2,3)20-9-11-22(12-10-20)29-18-21(27)17-25-13-15-26(16-14-25)23(28)19-7-5-4-6-8-19/h4-12,21,27H,13-18H2,1-3H3/t21-/m0/s1. The maximum Gasteiger partial charge on any atom is 0.253 e. The molecule has 0 bridgehead atoms. The summed E-state index contributed by atoms with van der Waals surface area (Å²) in [5.41, 5.74) is 2.10. The smallest absolute Gasteiger partial charge is 0.253 e. The van der Waals surface area contributed by atoms with E-state index in [2.05, 4.69) is 37.8 Å². The number of amides is 1. The summed E-state index contributed by atoms with van der Waals surface area (Å²) in [7, 11) is 0. The van der Waals surface area contributed by atoms with E-state index < -0.39 is 6.10 Å². The largest absolute Gasteiger partial charge is 0.491 e. The van der Waals surface area contributed by atoms with Crippen molar-refractivity contribution in [3.8, 4) is 5.75 Å². The zero-order chi connectivity index (χ0) is 20.9. The van der Waals surface area contributed by atoms with Crippen LogP contribution in [0.4, 0.5) is 0 Å². The fourth-order valence-electron chi connectivity index (χ4n) is 3.49. The Hall–Kier alpha value is -2.37. The molecule has 1 N–H and O–H groups in total. The van der Waals surface area contributed by atoms with Crippen LogP contribution in [-0.4, -0.2) is 66.2 Å². The Morgan fingerprint density at radius 3 is 2.21 bits per heavy atom. The van der Waals surface area contributed by atoms with E-state index in [4.69, 9.17) is 4.74 Å². The number of hydrogen-bond donors (Lipinski definition) is 1. The Kier molecular flexibility index (Phi) is 6.93. The molecular weight excluding hydrogens is 364 g/mol. The van der Waals surface area contributed by atoms with E-state index in [0.29, 0.717) is 19.6 Å².